The van der Waals surface area contributed by atoms with Crippen molar-refractivity contribution in [1.82, 2.24) is 15.2 Å². The lowest BCUT2D eigenvalue weighted by molar-refractivity contribution is -0.137. The maximum Gasteiger partial charge on any atom is 0.417 e. The van der Waals surface area contributed by atoms with Crippen LogP contribution in [0.15, 0.2) is 71.2 Å². The Hall–Kier alpha value is -3.38. The third-order valence-electron chi connectivity index (χ3n) is 4.10. The molecule has 0 aliphatic carbocycles. The van der Waals surface area contributed by atoms with E-state index >= 15 is 0 Å². The molecule has 0 fully saturated rings. The van der Waals surface area contributed by atoms with Gasteiger partial charge in [0.15, 0.2) is 10.9 Å². The predicted octanol–water partition coefficient (Wildman–Crippen LogP) is 5.15. The van der Waals surface area contributed by atoms with Gasteiger partial charge in [-0.25, -0.2) is 13.4 Å². The highest BCUT2D eigenvalue weighted by Crippen LogP contribution is 2.46. The van der Waals surface area contributed by atoms with E-state index in [1.165, 1.54) is 30.6 Å². The number of anilines is 1. The van der Waals surface area contributed by atoms with Gasteiger partial charge in [0.1, 0.15) is 10.6 Å². The van der Waals surface area contributed by atoms with Crippen LogP contribution < -0.4 is 9.46 Å². The maximum atomic E-state index is 13.8. The zero-order valence-electron chi connectivity index (χ0n) is 15.4. The average molecular weight is 466 g/mol. The van der Waals surface area contributed by atoms with Crippen LogP contribution in [-0.2, 0) is 16.2 Å². The van der Waals surface area contributed by atoms with Crippen molar-refractivity contribution in [1.29, 1.82) is 0 Å². The molecular weight excluding hydrogens is 453 g/mol. The summed E-state index contributed by atoms with van der Waals surface area (Å²) in [6.45, 7) is 0. The van der Waals surface area contributed by atoms with Crippen LogP contribution in [0.5, 0.6) is 11.5 Å². The van der Waals surface area contributed by atoms with Gasteiger partial charge < -0.3 is 4.74 Å². The Morgan fingerprint density at radius 2 is 1.81 bits per heavy atom. The zero-order chi connectivity index (χ0) is 22.1. The van der Waals surface area contributed by atoms with Crippen LogP contribution in [0, 0.1) is 0 Å². The van der Waals surface area contributed by atoms with Crippen molar-refractivity contribution < 1.29 is 26.3 Å². The normalized spacial score (nSPS) is 12.0. The monoisotopic (exact) mass is 466 g/mol. The number of hydrogen-bond donors (Lipinski definition) is 2. The lowest BCUT2D eigenvalue weighted by Gasteiger charge is -2.20. The number of benzene rings is 2. The van der Waals surface area contributed by atoms with Crippen molar-refractivity contribution in [2.24, 2.45) is 0 Å². The molecule has 4 rings (SSSR count). The highest BCUT2D eigenvalue weighted by atomic mass is 32.2. The van der Waals surface area contributed by atoms with E-state index in [0.29, 0.717) is 6.07 Å². The van der Waals surface area contributed by atoms with E-state index < -0.39 is 38.0 Å². The summed E-state index contributed by atoms with van der Waals surface area (Å²) in [6, 6.07) is 10.8. The maximum absolute atomic E-state index is 13.8. The second-order valence-electron chi connectivity index (χ2n) is 6.14. The molecule has 0 bridgehead atoms. The Morgan fingerprint density at radius 1 is 1.03 bits per heavy atom. The SMILES string of the molecule is O=S(=O)(Nc1nccs1)c1ccc(C(F)(F)F)c(-c2ccn[nH]2)c1Oc1ccccc1. The number of ether oxygens (including phenoxy) is 1. The lowest BCUT2D eigenvalue weighted by Crippen LogP contribution is -2.16. The largest absolute Gasteiger partial charge is 0.455 e. The molecule has 0 aliphatic heterocycles. The van der Waals surface area contributed by atoms with Gasteiger partial charge in [-0.2, -0.15) is 18.3 Å². The summed E-state index contributed by atoms with van der Waals surface area (Å²) in [5, 5.41) is 7.78. The van der Waals surface area contributed by atoms with E-state index in [1.807, 2.05) is 0 Å². The Morgan fingerprint density at radius 3 is 2.42 bits per heavy atom. The third-order valence-corrected chi connectivity index (χ3v) is 6.28. The van der Waals surface area contributed by atoms with E-state index in [1.54, 1.807) is 23.6 Å². The second-order valence-corrected chi connectivity index (χ2v) is 8.69. The second kappa shape index (κ2) is 8.04. The fourth-order valence-electron chi connectivity index (χ4n) is 2.83. The van der Waals surface area contributed by atoms with Crippen molar-refractivity contribution in [3.63, 3.8) is 0 Å². The quantitative estimate of drug-likeness (QED) is 0.410. The number of aromatic amines is 1. The van der Waals surface area contributed by atoms with Gasteiger partial charge in [0.25, 0.3) is 10.0 Å². The van der Waals surface area contributed by atoms with Crippen LogP contribution in [-0.4, -0.2) is 23.6 Å². The Kier molecular flexibility index (Phi) is 5.41. The lowest BCUT2D eigenvalue weighted by atomic mass is 10.0. The van der Waals surface area contributed by atoms with Crippen molar-refractivity contribution in [3.05, 3.63) is 71.9 Å². The summed E-state index contributed by atoms with van der Waals surface area (Å²) in [7, 11) is -4.34. The molecule has 0 unspecified atom stereocenters. The summed E-state index contributed by atoms with van der Waals surface area (Å²) in [4.78, 5) is 3.38. The van der Waals surface area contributed by atoms with Crippen LogP contribution >= 0.6 is 11.3 Å². The van der Waals surface area contributed by atoms with Gasteiger partial charge in [-0.1, -0.05) is 18.2 Å². The number of sulfonamides is 1. The van der Waals surface area contributed by atoms with Gasteiger partial charge in [0, 0.05) is 17.8 Å². The Bertz CT molecular complexity index is 1280. The van der Waals surface area contributed by atoms with Crippen LogP contribution in [0.4, 0.5) is 18.3 Å². The number of halogens is 3. The molecule has 2 aromatic carbocycles. The summed E-state index contributed by atoms with van der Waals surface area (Å²) in [5.41, 5.74) is -1.60. The van der Waals surface area contributed by atoms with Gasteiger partial charge in [-0.15, -0.1) is 11.3 Å². The molecule has 2 aromatic heterocycles. The Labute approximate surface area is 178 Å². The number of para-hydroxylation sites is 1. The van der Waals surface area contributed by atoms with Gasteiger partial charge >= 0.3 is 6.18 Å². The number of alkyl halides is 3. The summed E-state index contributed by atoms with van der Waals surface area (Å²) in [6.07, 6.45) is -2.12. The molecular formula is C19H13F3N4O3S2. The fraction of sp³-hybridized carbons (Fsp3) is 0.0526. The summed E-state index contributed by atoms with van der Waals surface area (Å²) in [5.74, 6) is -0.331. The number of thiazole rings is 1. The Balaban J connectivity index is 1.97. The van der Waals surface area contributed by atoms with Crippen LogP contribution in [0.2, 0.25) is 0 Å². The molecule has 160 valence electrons. The number of nitrogens with zero attached hydrogens (tertiary/aromatic N) is 2. The summed E-state index contributed by atoms with van der Waals surface area (Å²) < 4.78 is 75.6. The molecule has 0 amide bonds. The van der Waals surface area contributed by atoms with Crippen molar-refractivity contribution in [2.75, 3.05) is 4.72 Å². The van der Waals surface area contributed by atoms with Crippen molar-refractivity contribution in [3.8, 4) is 22.8 Å². The zero-order valence-corrected chi connectivity index (χ0v) is 17.1. The first kappa shape index (κ1) is 20.9. The van der Waals surface area contributed by atoms with E-state index in [4.69, 9.17) is 4.74 Å². The number of H-pyrrole nitrogens is 1. The molecule has 0 aliphatic rings. The topological polar surface area (TPSA) is 97.0 Å². The van der Waals surface area contributed by atoms with Gasteiger partial charge in [0.05, 0.1) is 16.8 Å². The van der Waals surface area contributed by atoms with Crippen LogP contribution in [0.3, 0.4) is 0 Å². The van der Waals surface area contributed by atoms with E-state index in [2.05, 4.69) is 19.9 Å². The summed E-state index contributed by atoms with van der Waals surface area (Å²) >= 11 is 1.03. The molecule has 2 N–H and O–H groups in total. The highest BCUT2D eigenvalue weighted by molar-refractivity contribution is 7.93. The smallest absolute Gasteiger partial charge is 0.417 e. The molecule has 0 saturated carbocycles. The number of hydrogen-bond acceptors (Lipinski definition) is 6. The molecule has 4 aromatic rings. The van der Waals surface area contributed by atoms with E-state index in [9.17, 15) is 21.6 Å². The van der Waals surface area contributed by atoms with Crippen molar-refractivity contribution in [2.45, 2.75) is 11.1 Å². The average Bonchev–Trinajstić information content (AvgIpc) is 3.41. The van der Waals surface area contributed by atoms with Gasteiger partial charge in [-0.3, -0.25) is 9.82 Å². The fourth-order valence-corrected chi connectivity index (χ4v) is 4.75. The minimum atomic E-state index is -4.78. The van der Waals surface area contributed by atoms with Crippen molar-refractivity contribution >= 4 is 26.5 Å². The minimum absolute atomic E-state index is 0.0513. The first-order valence-electron chi connectivity index (χ1n) is 8.65. The molecule has 0 atom stereocenters. The van der Waals surface area contributed by atoms with E-state index in [0.717, 1.165) is 17.4 Å². The van der Waals surface area contributed by atoms with Crippen LogP contribution in [0.25, 0.3) is 11.3 Å². The van der Waals surface area contributed by atoms with E-state index in [-0.39, 0.29) is 16.6 Å². The minimum Gasteiger partial charge on any atom is -0.455 e. The molecule has 0 spiro atoms. The molecule has 12 heteroatoms. The standard InChI is InChI=1S/C19H13F3N4O3S2/c20-19(21,22)13-6-7-15(31(27,28)26-18-23-10-11-30-18)17(16(13)14-8-9-24-25-14)29-12-4-2-1-3-5-12/h1-11H,(H,23,26)(H,24,25). The van der Waals surface area contributed by atoms with Gasteiger partial charge in [-0.05, 0) is 30.3 Å². The van der Waals surface area contributed by atoms with Gasteiger partial charge in [0.2, 0.25) is 0 Å². The number of nitrogens with one attached hydrogen (secondary N) is 2. The number of aromatic nitrogens is 3. The highest BCUT2D eigenvalue weighted by Gasteiger charge is 2.38. The third kappa shape index (κ3) is 4.39. The molecule has 0 saturated heterocycles. The number of rotatable bonds is 6. The molecule has 7 nitrogen and oxygen atoms in total. The first-order chi connectivity index (χ1) is 14.8. The van der Waals surface area contributed by atoms with Crippen LogP contribution in [0.1, 0.15) is 5.56 Å². The molecule has 31 heavy (non-hydrogen) atoms. The molecule has 2 heterocycles. The molecule has 0 radical (unpaired) electrons. The predicted molar refractivity (Wildman–Crippen MR) is 108 cm³/mol. The first-order valence-corrected chi connectivity index (χ1v) is 11.0.